The summed E-state index contributed by atoms with van der Waals surface area (Å²) in [4.78, 5) is 33.1. The maximum atomic E-state index is 13.2. The van der Waals surface area contributed by atoms with Crippen LogP contribution >= 0.6 is 0 Å². The van der Waals surface area contributed by atoms with Crippen LogP contribution in [0.2, 0.25) is 0 Å². The minimum Gasteiger partial charge on any atom is -0.379 e. The number of ether oxygens (including phenoxy) is 2. The van der Waals surface area contributed by atoms with Crippen LogP contribution in [0.15, 0.2) is 29.6 Å². The Morgan fingerprint density at radius 2 is 1.87 bits per heavy atom. The molecule has 0 aliphatic carbocycles. The van der Waals surface area contributed by atoms with Gasteiger partial charge < -0.3 is 35.3 Å². The molecule has 3 heterocycles. The van der Waals surface area contributed by atoms with Crippen molar-refractivity contribution < 1.29 is 32.2 Å². The molecule has 1 atom stereocenters. The van der Waals surface area contributed by atoms with Crippen molar-refractivity contribution in [2.24, 2.45) is 11.7 Å². The van der Waals surface area contributed by atoms with E-state index in [4.69, 9.17) is 25.9 Å². The zero-order valence-electron chi connectivity index (χ0n) is 20.7. The van der Waals surface area contributed by atoms with E-state index in [1.165, 1.54) is 11.1 Å². The summed E-state index contributed by atoms with van der Waals surface area (Å²) < 4.78 is 50.6. The van der Waals surface area contributed by atoms with Crippen LogP contribution in [0.1, 0.15) is 12.0 Å². The van der Waals surface area contributed by atoms with Gasteiger partial charge in [0.1, 0.15) is 24.1 Å². The predicted octanol–water partition coefficient (Wildman–Crippen LogP) is 0.908. The number of alkyl halides is 3. The first-order valence-electron chi connectivity index (χ1n) is 12.0. The summed E-state index contributed by atoms with van der Waals surface area (Å²) in [7, 11) is 0. The molecule has 2 saturated heterocycles. The number of allylic oxidation sites excluding steroid dienone is 1. The van der Waals surface area contributed by atoms with Crippen LogP contribution in [0.4, 0.5) is 19.0 Å². The minimum atomic E-state index is -4.95. The molecule has 0 radical (unpaired) electrons. The van der Waals surface area contributed by atoms with Crippen molar-refractivity contribution in [1.82, 2.24) is 14.8 Å². The number of primary amides is 1. The van der Waals surface area contributed by atoms with E-state index in [0.29, 0.717) is 44.4 Å². The average molecular weight is 538 g/mol. The fourth-order valence-electron chi connectivity index (χ4n) is 4.36. The lowest BCUT2D eigenvalue weighted by Gasteiger charge is -2.35. The number of likely N-dealkylation sites (tertiary alicyclic amines) is 1. The number of hydrogen-bond acceptors (Lipinski definition) is 9. The number of halogens is 3. The smallest absolute Gasteiger partial charge is 0.379 e. The molecular formula is C24H30F3N7O4. The summed E-state index contributed by atoms with van der Waals surface area (Å²) in [5, 5.41) is 16.2. The SMILES string of the molecule is N#Cc1ccc(N2CCN(C(=O)COCCOCC3CCN(/C(C=N)=C(/C(N)=O)C(F)(F)F)C3)CC2)nc1. The highest BCUT2D eigenvalue weighted by molar-refractivity contribution is 5.99. The van der Waals surface area contributed by atoms with E-state index < -0.39 is 23.4 Å². The standard InChI is InChI=1S/C24H30F3N7O4/c25-24(26,27)22(23(30)36)19(12-29)34-4-3-18(14-34)15-37-9-10-38-16-21(35)33-7-5-32(6-8-33)20-2-1-17(11-28)13-31-20/h1-2,12-13,18,29H,3-10,14-16H2,(H2,30,36)/b22-19-,29-12?. The lowest BCUT2D eigenvalue weighted by Crippen LogP contribution is -2.50. The second kappa shape index (κ2) is 13.2. The summed E-state index contributed by atoms with van der Waals surface area (Å²) in [6.45, 7) is 3.29. The van der Waals surface area contributed by atoms with Gasteiger partial charge in [0.15, 0.2) is 0 Å². The highest BCUT2D eigenvalue weighted by Crippen LogP contribution is 2.31. The Bertz CT molecular complexity index is 1060. The van der Waals surface area contributed by atoms with Gasteiger partial charge >= 0.3 is 6.18 Å². The number of nitriles is 1. The number of piperazine rings is 1. The van der Waals surface area contributed by atoms with E-state index in [0.717, 1.165) is 5.82 Å². The molecule has 206 valence electrons. The van der Waals surface area contributed by atoms with Crippen molar-refractivity contribution in [1.29, 1.82) is 10.7 Å². The number of aromatic nitrogens is 1. The number of nitrogens with one attached hydrogen (secondary N) is 1. The maximum absolute atomic E-state index is 13.2. The quantitative estimate of drug-likeness (QED) is 0.240. The Morgan fingerprint density at radius 1 is 1.16 bits per heavy atom. The Morgan fingerprint density at radius 3 is 2.45 bits per heavy atom. The van der Waals surface area contributed by atoms with Crippen LogP contribution in [0.3, 0.4) is 0 Å². The van der Waals surface area contributed by atoms with Gasteiger partial charge in [-0.2, -0.15) is 18.4 Å². The van der Waals surface area contributed by atoms with Crippen molar-refractivity contribution in [3.8, 4) is 6.07 Å². The molecule has 11 nitrogen and oxygen atoms in total. The fourth-order valence-corrected chi connectivity index (χ4v) is 4.36. The highest BCUT2D eigenvalue weighted by Gasteiger charge is 2.42. The molecule has 3 N–H and O–H groups in total. The third-order valence-electron chi connectivity index (χ3n) is 6.33. The molecule has 0 saturated carbocycles. The van der Waals surface area contributed by atoms with Crippen LogP contribution in [0.5, 0.6) is 0 Å². The largest absolute Gasteiger partial charge is 0.423 e. The van der Waals surface area contributed by atoms with Crippen molar-refractivity contribution in [3.05, 3.63) is 35.2 Å². The minimum absolute atomic E-state index is 0.0868. The van der Waals surface area contributed by atoms with E-state index in [9.17, 15) is 22.8 Å². The molecule has 1 aromatic heterocycles. The summed E-state index contributed by atoms with van der Waals surface area (Å²) in [5.74, 6) is -1.08. The van der Waals surface area contributed by atoms with Gasteiger partial charge in [-0.1, -0.05) is 0 Å². The molecule has 2 aliphatic heterocycles. The third kappa shape index (κ3) is 7.65. The average Bonchev–Trinajstić information content (AvgIpc) is 3.36. The first-order valence-corrected chi connectivity index (χ1v) is 12.0. The topological polar surface area (TPSA) is 149 Å². The molecular weight excluding hydrogens is 507 g/mol. The first-order chi connectivity index (χ1) is 18.1. The van der Waals surface area contributed by atoms with E-state index in [2.05, 4.69) is 4.98 Å². The van der Waals surface area contributed by atoms with Crippen LogP contribution in [0.25, 0.3) is 0 Å². The lowest BCUT2D eigenvalue weighted by atomic mass is 10.1. The van der Waals surface area contributed by atoms with Gasteiger partial charge in [0.25, 0.3) is 5.91 Å². The predicted molar refractivity (Wildman–Crippen MR) is 130 cm³/mol. The summed E-state index contributed by atoms with van der Waals surface area (Å²) in [6.07, 6.45) is -2.39. The van der Waals surface area contributed by atoms with Crippen molar-refractivity contribution >= 4 is 23.8 Å². The molecule has 2 fully saturated rings. The van der Waals surface area contributed by atoms with Gasteiger partial charge in [0.05, 0.1) is 31.1 Å². The van der Waals surface area contributed by atoms with Gasteiger partial charge in [-0.25, -0.2) is 4.98 Å². The number of rotatable bonds is 11. The Labute approximate surface area is 218 Å². The molecule has 14 heteroatoms. The molecule has 1 aromatic rings. The normalized spacial score (nSPS) is 18.7. The van der Waals surface area contributed by atoms with E-state index >= 15 is 0 Å². The van der Waals surface area contributed by atoms with Crippen molar-refractivity contribution in [2.75, 3.05) is 70.6 Å². The van der Waals surface area contributed by atoms with E-state index in [1.807, 2.05) is 11.0 Å². The van der Waals surface area contributed by atoms with E-state index in [1.54, 1.807) is 17.0 Å². The van der Waals surface area contributed by atoms with Crippen LogP contribution in [-0.2, 0) is 19.1 Å². The Hall–Kier alpha value is -3.70. The molecule has 1 unspecified atom stereocenters. The molecule has 2 amide bonds. The van der Waals surface area contributed by atoms with Crippen LogP contribution in [0, 0.1) is 22.7 Å². The Balaban J connectivity index is 1.32. The number of amides is 2. The van der Waals surface area contributed by atoms with Gasteiger partial charge in [0.2, 0.25) is 5.91 Å². The highest BCUT2D eigenvalue weighted by atomic mass is 19.4. The molecule has 2 aliphatic rings. The summed E-state index contributed by atoms with van der Waals surface area (Å²) >= 11 is 0. The number of nitrogens with zero attached hydrogens (tertiary/aromatic N) is 5. The number of carbonyl (C=O) groups excluding carboxylic acids is 2. The van der Waals surface area contributed by atoms with E-state index in [-0.39, 0.29) is 51.3 Å². The molecule has 38 heavy (non-hydrogen) atoms. The number of anilines is 1. The lowest BCUT2D eigenvalue weighted by molar-refractivity contribution is -0.137. The number of nitrogens with two attached hydrogens (primary N) is 1. The van der Waals surface area contributed by atoms with Crippen molar-refractivity contribution in [3.63, 3.8) is 0 Å². The van der Waals surface area contributed by atoms with Crippen molar-refractivity contribution in [2.45, 2.75) is 12.6 Å². The monoisotopic (exact) mass is 537 g/mol. The number of carbonyl (C=O) groups is 2. The van der Waals surface area contributed by atoms with Crippen LogP contribution < -0.4 is 10.6 Å². The Kier molecular flexibility index (Phi) is 10.0. The number of hydrogen-bond donors (Lipinski definition) is 2. The first kappa shape index (κ1) is 28.9. The van der Waals surface area contributed by atoms with Gasteiger partial charge in [-0.3, -0.25) is 9.59 Å². The molecule has 0 bridgehead atoms. The number of pyridine rings is 1. The molecule has 3 rings (SSSR count). The zero-order valence-corrected chi connectivity index (χ0v) is 20.7. The fraction of sp³-hybridized carbons (Fsp3) is 0.542. The zero-order chi connectivity index (χ0) is 27.7. The van der Waals surface area contributed by atoms with Gasteiger partial charge in [0, 0.05) is 57.6 Å². The molecule has 0 spiro atoms. The third-order valence-corrected chi connectivity index (χ3v) is 6.33. The second-order valence-electron chi connectivity index (χ2n) is 8.88. The summed E-state index contributed by atoms with van der Waals surface area (Å²) in [6, 6.07) is 5.52. The summed E-state index contributed by atoms with van der Waals surface area (Å²) in [5.41, 5.74) is 3.33. The van der Waals surface area contributed by atoms with Gasteiger partial charge in [-0.05, 0) is 18.6 Å². The van der Waals surface area contributed by atoms with Gasteiger partial charge in [-0.15, -0.1) is 0 Å². The maximum Gasteiger partial charge on any atom is 0.423 e. The molecule has 0 aromatic carbocycles. The second-order valence-corrected chi connectivity index (χ2v) is 8.88. The van der Waals surface area contributed by atoms with Crippen LogP contribution in [-0.4, -0.2) is 105 Å².